The SMILES string of the molecule is CCN(CCCBr)C(=O)c1cc(F)cc(Br)c1. The summed E-state index contributed by atoms with van der Waals surface area (Å²) in [6.45, 7) is 3.22. The molecule has 1 aromatic rings. The van der Waals surface area contributed by atoms with Gasteiger partial charge in [-0.25, -0.2) is 4.39 Å². The first-order valence-corrected chi connectivity index (χ1v) is 7.31. The van der Waals surface area contributed by atoms with Gasteiger partial charge in [-0.1, -0.05) is 31.9 Å². The van der Waals surface area contributed by atoms with Crippen LogP contribution in [0.2, 0.25) is 0 Å². The van der Waals surface area contributed by atoms with Crippen molar-refractivity contribution in [3.8, 4) is 0 Å². The maximum atomic E-state index is 13.2. The summed E-state index contributed by atoms with van der Waals surface area (Å²) >= 11 is 6.52. The molecule has 0 fully saturated rings. The highest BCUT2D eigenvalue weighted by molar-refractivity contribution is 9.10. The molecular weight excluding hydrogens is 353 g/mol. The van der Waals surface area contributed by atoms with Crippen molar-refractivity contribution in [3.63, 3.8) is 0 Å². The Bertz CT molecular complexity index is 378. The van der Waals surface area contributed by atoms with E-state index < -0.39 is 5.82 Å². The number of hydrogen-bond acceptors (Lipinski definition) is 1. The Balaban J connectivity index is 2.85. The number of nitrogens with zero attached hydrogens (tertiary/aromatic N) is 1. The Kier molecular flexibility index (Phi) is 6.12. The van der Waals surface area contributed by atoms with Crippen LogP contribution in [0.4, 0.5) is 4.39 Å². The minimum Gasteiger partial charge on any atom is -0.339 e. The Hall–Kier alpha value is -0.420. The molecule has 0 unspecified atom stereocenters. The lowest BCUT2D eigenvalue weighted by Gasteiger charge is -2.20. The molecule has 1 aromatic carbocycles. The third-order valence-electron chi connectivity index (χ3n) is 2.34. The number of halogens is 3. The zero-order chi connectivity index (χ0) is 12.8. The van der Waals surface area contributed by atoms with Crippen LogP contribution in [0, 0.1) is 5.82 Å². The molecule has 0 aliphatic rings. The van der Waals surface area contributed by atoms with Gasteiger partial charge >= 0.3 is 0 Å². The first-order valence-electron chi connectivity index (χ1n) is 5.39. The number of benzene rings is 1. The number of alkyl halides is 1. The molecule has 0 aliphatic heterocycles. The highest BCUT2D eigenvalue weighted by Crippen LogP contribution is 2.16. The Morgan fingerprint density at radius 2 is 2.12 bits per heavy atom. The van der Waals surface area contributed by atoms with E-state index in [-0.39, 0.29) is 5.91 Å². The summed E-state index contributed by atoms with van der Waals surface area (Å²) < 4.78 is 13.8. The van der Waals surface area contributed by atoms with E-state index in [1.54, 1.807) is 11.0 Å². The fourth-order valence-electron chi connectivity index (χ4n) is 1.51. The fraction of sp³-hybridized carbons (Fsp3) is 0.417. The standard InChI is InChI=1S/C12H14Br2FNO/c1-2-16(5-3-4-13)12(17)9-6-10(14)8-11(15)7-9/h6-8H,2-5H2,1H3. The highest BCUT2D eigenvalue weighted by Gasteiger charge is 2.14. The van der Waals surface area contributed by atoms with Gasteiger partial charge in [0.25, 0.3) is 5.91 Å². The van der Waals surface area contributed by atoms with Gasteiger partial charge in [0.15, 0.2) is 0 Å². The van der Waals surface area contributed by atoms with Gasteiger partial charge in [0.05, 0.1) is 0 Å². The van der Waals surface area contributed by atoms with Gasteiger partial charge in [-0.05, 0) is 31.5 Å². The number of carbonyl (C=O) groups excluding carboxylic acids is 1. The average molecular weight is 367 g/mol. The van der Waals surface area contributed by atoms with Crippen LogP contribution < -0.4 is 0 Å². The number of amides is 1. The summed E-state index contributed by atoms with van der Waals surface area (Å²) in [5, 5.41) is 0.851. The Morgan fingerprint density at radius 3 is 2.65 bits per heavy atom. The predicted molar refractivity (Wildman–Crippen MR) is 74.1 cm³/mol. The monoisotopic (exact) mass is 365 g/mol. The number of hydrogen-bond donors (Lipinski definition) is 0. The molecule has 17 heavy (non-hydrogen) atoms. The third-order valence-corrected chi connectivity index (χ3v) is 3.36. The normalized spacial score (nSPS) is 10.4. The van der Waals surface area contributed by atoms with Crippen LogP contribution in [0.1, 0.15) is 23.7 Å². The van der Waals surface area contributed by atoms with E-state index in [0.717, 1.165) is 11.8 Å². The first kappa shape index (κ1) is 14.6. The molecule has 0 spiro atoms. The van der Waals surface area contributed by atoms with E-state index >= 15 is 0 Å². The molecule has 0 atom stereocenters. The van der Waals surface area contributed by atoms with Crippen molar-refractivity contribution in [1.82, 2.24) is 4.90 Å². The van der Waals surface area contributed by atoms with Crippen LogP contribution in [0.3, 0.4) is 0 Å². The largest absolute Gasteiger partial charge is 0.339 e. The van der Waals surface area contributed by atoms with E-state index in [1.807, 2.05) is 6.92 Å². The molecule has 0 bridgehead atoms. The summed E-state index contributed by atoms with van der Waals surface area (Å²) in [7, 11) is 0. The summed E-state index contributed by atoms with van der Waals surface area (Å²) in [6, 6.07) is 4.25. The van der Waals surface area contributed by atoms with Crippen molar-refractivity contribution in [2.75, 3.05) is 18.4 Å². The molecule has 0 aromatic heterocycles. The van der Waals surface area contributed by atoms with Gasteiger partial charge in [0.2, 0.25) is 0 Å². The summed E-state index contributed by atoms with van der Waals surface area (Å²) in [5.74, 6) is -0.534. The molecule has 0 aliphatic carbocycles. The lowest BCUT2D eigenvalue weighted by molar-refractivity contribution is 0.0764. The molecule has 0 saturated heterocycles. The van der Waals surface area contributed by atoms with Crippen LogP contribution in [-0.2, 0) is 0 Å². The van der Waals surface area contributed by atoms with Gasteiger partial charge in [-0.15, -0.1) is 0 Å². The molecule has 1 rings (SSSR count). The highest BCUT2D eigenvalue weighted by atomic mass is 79.9. The first-order chi connectivity index (χ1) is 8.08. The minimum absolute atomic E-state index is 0.131. The number of rotatable bonds is 5. The Labute approximate surface area is 117 Å². The van der Waals surface area contributed by atoms with Gasteiger partial charge < -0.3 is 4.90 Å². The van der Waals surface area contributed by atoms with Crippen LogP contribution in [0.25, 0.3) is 0 Å². The van der Waals surface area contributed by atoms with E-state index in [4.69, 9.17) is 0 Å². The van der Waals surface area contributed by atoms with Crippen LogP contribution in [0.15, 0.2) is 22.7 Å². The Morgan fingerprint density at radius 1 is 1.41 bits per heavy atom. The zero-order valence-electron chi connectivity index (χ0n) is 9.55. The smallest absolute Gasteiger partial charge is 0.253 e. The molecule has 1 amide bonds. The van der Waals surface area contributed by atoms with Gasteiger partial charge in [-0.3, -0.25) is 4.79 Å². The molecular formula is C12H14Br2FNO. The minimum atomic E-state index is -0.403. The molecule has 0 N–H and O–H groups in total. The van der Waals surface area contributed by atoms with E-state index in [2.05, 4.69) is 31.9 Å². The topological polar surface area (TPSA) is 20.3 Å². The molecule has 0 heterocycles. The summed E-state index contributed by atoms with van der Waals surface area (Å²) in [6.07, 6.45) is 0.885. The summed E-state index contributed by atoms with van der Waals surface area (Å²) in [5.41, 5.74) is 0.383. The summed E-state index contributed by atoms with van der Waals surface area (Å²) in [4.78, 5) is 13.8. The van der Waals surface area contributed by atoms with Crippen LogP contribution in [0.5, 0.6) is 0 Å². The van der Waals surface area contributed by atoms with Crippen molar-refractivity contribution in [2.24, 2.45) is 0 Å². The second-order valence-electron chi connectivity index (χ2n) is 3.59. The van der Waals surface area contributed by atoms with Crippen LogP contribution in [-0.4, -0.2) is 29.2 Å². The lowest BCUT2D eigenvalue weighted by Crippen LogP contribution is -2.32. The van der Waals surface area contributed by atoms with Crippen molar-refractivity contribution in [1.29, 1.82) is 0 Å². The molecule has 0 radical (unpaired) electrons. The van der Waals surface area contributed by atoms with Crippen molar-refractivity contribution in [3.05, 3.63) is 34.1 Å². The fourth-order valence-corrected chi connectivity index (χ4v) is 2.23. The molecule has 2 nitrogen and oxygen atoms in total. The lowest BCUT2D eigenvalue weighted by atomic mass is 10.2. The van der Waals surface area contributed by atoms with E-state index in [9.17, 15) is 9.18 Å². The quantitative estimate of drug-likeness (QED) is 0.725. The van der Waals surface area contributed by atoms with Crippen molar-refractivity contribution >= 4 is 37.8 Å². The van der Waals surface area contributed by atoms with Gasteiger partial charge in [-0.2, -0.15) is 0 Å². The van der Waals surface area contributed by atoms with E-state index in [0.29, 0.717) is 23.1 Å². The molecule has 5 heteroatoms. The number of carbonyl (C=O) groups is 1. The third kappa shape index (κ3) is 4.39. The van der Waals surface area contributed by atoms with Gasteiger partial charge in [0, 0.05) is 28.5 Å². The van der Waals surface area contributed by atoms with Crippen molar-refractivity contribution < 1.29 is 9.18 Å². The molecule has 0 saturated carbocycles. The van der Waals surface area contributed by atoms with Crippen molar-refractivity contribution in [2.45, 2.75) is 13.3 Å². The predicted octanol–water partition coefficient (Wildman–Crippen LogP) is 3.84. The maximum Gasteiger partial charge on any atom is 0.253 e. The van der Waals surface area contributed by atoms with Gasteiger partial charge in [0.1, 0.15) is 5.82 Å². The van der Waals surface area contributed by atoms with Crippen LogP contribution >= 0.6 is 31.9 Å². The maximum absolute atomic E-state index is 13.2. The second-order valence-corrected chi connectivity index (χ2v) is 5.29. The zero-order valence-corrected chi connectivity index (χ0v) is 12.7. The second kappa shape index (κ2) is 7.11. The average Bonchev–Trinajstić information content (AvgIpc) is 2.28. The van der Waals surface area contributed by atoms with E-state index in [1.165, 1.54) is 12.1 Å². The molecule has 94 valence electrons.